The van der Waals surface area contributed by atoms with E-state index in [0.29, 0.717) is 18.2 Å². The predicted molar refractivity (Wildman–Crippen MR) is 80.0 cm³/mol. The molecule has 110 valence electrons. The predicted octanol–water partition coefficient (Wildman–Crippen LogP) is 1.27. The van der Waals surface area contributed by atoms with Gasteiger partial charge in [-0.15, -0.1) is 6.58 Å². The lowest BCUT2D eigenvalue weighted by Gasteiger charge is -2.10. The van der Waals surface area contributed by atoms with E-state index in [2.05, 4.69) is 22.3 Å². The minimum Gasteiger partial charge on any atom is -0.373 e. The number of hydrogen-bond donors (Lipinski definition) is 2. The highest BCUT2D eigenvalue weighted by molar-refractivity contribution is 6.33. The number of carbonyl (C=O) groups excluding carboxylic acids is 1. The standard InChI is InChI=1S/C13H19ClN4O2/c1-4-5-18-13(20)12(14)10(7-17-18)15-8-11(19)16-6-9(2)3/h4,7,9,15H,1,5-6,8H2,2-3H3,(H,16,19). The summed E-state index contributed by atoms with van der Waals surface area (Å²) in [6.07, 6.45) is 2.97. The molecule has 1 aromatic rings. The highest BCUT2D eigenvalue weighted by Gasteiger charge is 2.09. The Bertz CT molecular complexity index is 540. The number of aromatic nitrogens is 2. The number of halogens is 1. The number of amides is 1. The Balaban J connectivity index is 2.65. The van der Waals surface area contributed by atoms with Gasteiger partial charge >= 0.3 is 0 Å². The molecule has 20 heavy (non-hydrogen) atoms. The molecule has 6 nitrogen and oxygen atoms in total. The molecule has 1 aromatic heterocycles. The Morgan fingerprint density at radius 1 is 1.60 bits per heavy atom. The Kier molecular flexibility index (Phi) is 6.24. The number of nitrogens with one attached hydrogen (secondary N) is 2. The molecule has 0 saturated heterocycles. The zero-order valence-corrected chi connectivity index (χ0v) is 12.4. The Hall–Kier alpha value is -1.82. The van der Waals surface area contributed by atoms with E-state index in [9.17, 15) is 9.59 Å². The third-order valence-corrected chi connectivity index (χ3v) is 2.80. The van der Waals surface area contributed by atoms with Gasteiger partial charge in [0, 0.05) is 6.54 Å². The molecule has 2 N–H and O–H groups in total. The van der Waals surface area contributed by atoms with Crippen LogP contribution in [0.1, 0.15) is 13.8 Å². The minimum atomic E-state index is -0.417. The number of hydrogen-bond acceptors (Lipinski definition) is 4. The fraction of sp³-hybridized carbons (Fsp3) is 0.462. The topological polar surface area (TPSA) is 76.0 Å². The summed E-state index contributed by atoms with van der Waals surface area (Å²) >= 11 is 5.94. The van der Waals surface area contributed by atoms with Crippen LogP contribution in [0, 0.1) is 5.92 Å². The average molecular weight is 299 g/mol. The molecule has 0 aliphatic carbocycles. The first-order valence-corrected chi connectivity index (χ1v) is 6.70. The van der Waals surface area contributed by atoms with Gasteiger partial charge in [0.25, 0.3) is 5.56 Å². The molecule has 0 bridgehead atoms. The van der Waals surface area contributed by atoms with Gasteiger partial charge in [-0.2, -0.15) is 5.10 Å². The van der Waals surface area contributed by atoms with Crippen LogP contribution in [0.3, 0.4) is 0 Å². The van der Waals surface area contributed by atoms with Crippen LogP contribution in [0.15, 0.2) is 23.6 Å². The Morgan fingerprint density at radius 2 is 2.30 bits per heavy atom. The van der Waals surface area contributed by atoms with E-state index >= 15 is 0 Å². The zero-order chi connectivity index (χ0) is 15.1. The first-order valence-electron chi connectivity index (χ1n) is 6.32. The first kappa shape index (κ1) is 16.2. The van der Waals surface area contributed by atoms with Crippen molar-refractivity contribution in [3.8, 4) is 0 Å². The van der Waals surface area contributed by atoms with Gasteiger partial charge in [-0.05, 0) is 5.92 Å². The number of anilines is 1. The summed E-state index contributed by atoms with van der Waals surface area (Å²) in [6, 6.07) is 0. The van der Waals surface area contributed by atoms with Crippen molar-refractivity contribution in [2.75, 3.05) is 18.4 Å². The fourth-order valence-electron chi connectivity index (χ4n) is 1.40. The van der Waals surface area contributed by atoms with Gasteiger partial charge in [-0.25, -0.2) is 4.68 Å². The molecule has 7 heteroatoms. The normalized spacial score (nSPS) is 10.4. The van der Waals surface area contributed by atoms with Crippen molar-refractivity contribution in [2.24, 2.45) is 5.92 Å². The van der Waals surface area contributed by atoms with Crippen molar-refractivity contribution in [2.45, 2.75) is 20.4 Å². The smallest absolute Gasteiger partial charge is 0.287 e. The second-order valence-electron chi connectivity index (χ2n) is 4.70. The average Bonchev–Trinajstić information content (AvgIpc) is 2.41. The second kappa shape index (κ2) is 7.69. The van der Waals surface area contributed by atoms with Gasteiger partial charge in [0.15, 0.2) is 0 Å². The molecule has 1 amide bonds. The quantitative estimate of drug-likeness (QED) is 0.743. The molecule has 1 heterocycles. The summed E-state index contributed by atoms with van der Waals surface area (Å²) in [6.45, 7) is 8.48. The summed E-state index contributed by atoms with van der Waals surface area (Å²) in [5.41, 5.74) is -0.0733. The maximum Gasteiger partial charge on any atom is 0.287 e. The summed E-state index contributed by atoms with van der Waals surface area (Å²) in [7, 11) is 0. The van der Waals surface area contributed by atoms with Crippen molar-refractivity contribution >= 4 is 23.2 Å². The number of nitrogens with zero attached hydrogens (tertiary/aromatic N) is 2. The first-order chi connectivity index (χ1) is 9.45. The molecular formula is C13H19ClN4O2. The second-order valence-corrected chi connectivity index (χ2v) is 5.08. The van der Waals surface area contributed by atoms with Crippen LogP contribution in [0.2, 0.25) is 5.02 Å². The van der Waals surface area contributed by atoms with Crippen LogP contribution < -0.4 is 16.2 Å². The van der Waals surface area contributed by atoms with Crippen molar-refractivity contribution in [3.63, 3.8) is 0 Å². The van der Waals surface area contributed by atoms with Gasteiger partial charge in [0.1, 0.15) is 5.02 Å². The van der Waals surface area contributed by atoms with Gasteiger partial charge in [0.05, 0.1) is 25.0 Å². The van der Waals surface area contributed by atoms with Crippen LogP contribution in [-0.4, -0.2) is 28.8 Å². The molecule has 0 unspecified atom stereocenters. The van der Waals surface area contributed by atoms with E-state index < -0.39 is 5.56 Å². The summed E-state index contributed by atoms with van der Waals surface area (Å²) < 4.78 is 1.19. The largest absolute Gasteiger partial charge is 0.373 e. The number of allylic oxidation sites excluding steroid dienone is 1. The van der Waals surface area contributed by atoms with Crippen molar-refractivity contribution < 1.29 is 4.79 Å². The third kappa shape index (κ3) is 4.70. The van der Waals surface area contributed by atoms with E-state index in [-0.39, 0.29) is 24.0 Å². The number of carbonyl (C=O) groups is 1. The maximum atomic E-state index is 11.8. The molecule has 0 saturated carbocycles. The summed E-state index contributed by atoms with van der Waals surface area (Å²) in [5, 5.41) is 9.51. The number of rotatable bonds is 7. The minimum absolute atomic E-state index is 0.0125. The third-order valence-electron chi connectivity index (χ3n) is 2.43. The van der Waals surface area contributed by atoms with Crippen molar-refractivity contribution in [3.05, 3.63) is 34.2 Å². The monoisotopic (exact) mass is 298 g/mol. The summed E-state index contributed by atoms with van der Waals surface area (Å²) in [5.74, 6) is 0.220. The molecule has 0 atom stereocenters. The molecule has 0 radical (unpaired) electrons. The highest BCUT2D eigenvalue weighted by atomic mass is 35.5. The zero-order valence-electron chi connectivity index (χ0n) is 11.6. The van der Waals surface area contributed by atoms with Crippen LogP contribution in [-0.2, 0) is 11.3 Å². The van der Waals surface area contributed by atoms with Crippen LogP contribution in [0.25, 0.3) is 0 Å². The molecule has 1 rings (SSSR count). The molecule has 0 aliphatic heterocycles. The lowest BCUT2D eigenvalue weighted by molar-refractivity contribution is -0.119. The van der Waals surface area contributed by atoms with Gasteiger partial charge < -0.3 is 10.6 Å². The van der Waals surface area contributed by atoms with Crippen molar-refractivity contribution in [1.29, 1.82) is 0 Å². The molecule has 0 fully saturated rings. The lowest BCUT2D eigenvalue weighted by Crippen LogP contribution is -2.33. The Labute approximate surface area is 122 Å². The molecule has 0 spiro atoms. The van der Waals surface area contributed by atoms with Crippen molar-refractivity contribution in [1.82, 2.24) is 15.1 Å². The molecular weight excluding hydrogens is 280 g/mol. The highest BCUT2D eigenvalue weighted by Crippen LogP contribution is 2.14. The van der Waals surface area contributed by atoms with E-state index in [1.54, 1.807) is 6.08 Å². The SMILES string of the molecule is C=CCn1ncc(NCC(=O)NCC(C)C)c(Cl)c1=O. The lowest BCUT2D eigenvalue weighted by atomic mass is 10.2. The maximum absolute atomic E-state index is 11.8. The van der Waals surface area contributed by atoms with Crippen LogP contribution >= 0.6 is 11.6 Å². The summed E-state index contributed by atoms with van der Waals surface area (Å²) in [4.78, 5) is 23.4. The van der Waals surface area contributed by atoms with Gasteiger partial charge in [-0.3, -0.25) is 9.59 Å². The van der Waals surface area contributed by atoms with Gasteiger partial charge in [-0.1, -0.05) is 31.5 Å². The van der Waals surface area contributed by atoms with E-state index in [0.717, 1.165) is 0 Å². The van der Waals surface area contributed by atoms with E-state index in [4.69, 9.17) is 11.6 Å². The Morgan fingerprint density at radius 3 is 2.90 bits per heavy atom. The van der Waals surface area contributed by atoms with E-state index in [1.807, 2.05) is 13.8 Å². The fourth-order valence-corrected chi connectivity index (χ4v) is 1.61. The van der Waals surface area contributed by atoms with Crippen LogP contribution in [0.4, 0.5) is 5.69 Å². The van der Waals surface area contributed by atoms with Gasteiger partial charge in [0.2, 0.25) is 5.91 Å². The molecule has 0 aliphatic rings. The molecule has 0 aromatic carbocycles. The van der Waals surface area contributed by atoms with Crippen LogP contribution in [0.5, 0.6) is 0 Å². The van der Waals surface area contributed by atoms with E-state index in [1.165, 1.54) is 10.9 Å².